The smallest absolute Gasteiger partial charge is 0.462 e. The minimum atomic E-state index is -4.96. The van der Waals surface area contributed by atoms with E-state index in [1.165, 1.54) is 193 Å². The molecule has 0 saturated heterocycles. The molecule has 0 fully saturated rings. The molecule has 19 heteroatoms. The summed E-state index contributed by atoms with van der Waals surface area (Å²) in [6, 6.07) is 0. The van der Waals surface area contributed by atoms with E-state index in [9.17, 15) is 43.2 Å². The van der Waals surface area contributed by atoms with Gasteiger partial charge in [-0.25, -0.2) is 9.13 Å². The van der Waals surface area contributed by atoms with Crippen molar-refractivity contribution in [2.75, 3.05) is 39.6 Å². The fourth-order valence-corrected chi connectivity index (χ4v) is 13.5. The first-order chi connectivity index (χ1) is 46.6. The lowest BCUT2D eigenvalue weighted by Gasteiger charge is -2.21. The Morgan fingerprint density at radius 3 is 0.732 bits per heavy atom. The average molecular weight is 1420 g/mol. The molecular formula is C78H152O17P2. The summed E-state index contributed by atoms with van der Waals surface area (Å²) in [6.45, 7) is 14.2. The summed E-state index contributed by atoms with van der Waals surface area (Å²) in [5.41, 5.74) is 0. The second kappa shape index (κ2) is 67.2. The second-order valence-electron chi connectivity index (χ2n) is 29.8. The Balaban J connectivity index is 5.23. The summed E-state index contributed by atoms with van der Waals surface area (Å²) in [5, 5.41) is 10.6. The molecule has 3 unspecified atom stereocenters. The van der Waals surface area contributed by atoms with Crippen molar-refractivity contribution in [2.45, 2.75) is 414 Å². The molecule has 6 atom stereocenters. The van der Waals surface area contributed by atoms with Gasteiger partial charge in [-0.15, -0.1) is 0 Å². The first-order valence-corrected chi connectivity index (χ1v) is 43.2. The van der Waals surface area contributed by atoms with Crippen LogP contribution in [0.5, 0.6) is 0 Å². The zero-order valence-electron chi connectivity index (χ0n) is 63.7. The molecule has 0 bridgehead atoms. The van der Waals surface area contributed by atoms with E-state index in [1.54, 1.807) is 0 Å². The Hall–Kier alpha value is -1.94. The summed E-state index contributed by atoms with van der Waals surface area (Å²) in [6.07, 6.45) is 52.7. The number of phosphoric ester groups is 2. The van der Waals surface area contributed by atoms with Crippen LogP contribution in [-0.4, -0.2) is 96.7 Å². The summed E-state index contributed by atoms with van der Waals surface area (Å²) in [4.78, 5) is 72.9. The standard InChI is InChI=1S/C78H152O17P2/c1-9-71(8)57-49-41-36-37-43-51-59-76(81)89-65-74(95-78(83)61-53-45-35-29-23-17-20-26-32-40-48-56-70(6)7)67-93-97(86,87)91-63-72(79)62-90-96(84,85)92-66-73(94-77(82)60-52-44-34-28-22-16-19-25-31-39-47-55-69(4)5)64-88-75(80)58-50-42-33-27-21-15-13-11-10-12-14-18-24-30-38-46-54-68(2)3/h68-74,79H,9-67H2,1-8H3,(H,84,85)(H,86,87)/t71?,72-,73-,74-/m1/s1. The molecule has 0 aromatic carbocycles. The molecule has 0 rings (SSSR count). The molecule has 0 aromatic heterocycles. The van der Waals surface area contributed by atoms with E-state index >= 15 is 0 Å². The Morgan fingerprint density at radius 2 is 0.495 bits per heavy atom. The number of carbonyl (C=O) groups is 4. The number of aliphatic hydroxyl groups excluding tert-OH is 1. The van der Waals surface area contributed by atoms with Gasteiger partial charge in [0.15, 0.2) is 12.2 Å². The van der Waals surface area contributed by atoms with Crippen molar-refractivity contribution in [3.63, 3.8) is 0 Å². The fourth-order valence-electron chi connectivity index (χ4n) is 11.9. The maximum atomic E-state index is 13.1. The minimum absolute atomic E-state index is 0.105. The van der Waals surface area contributed by atoms with E-state index in [0.29, 0.717) is 25.7 Å². The summed E-state index contributed by atoms with van der Waals surface area (Å²) in [5.74, 6) is 0.955. The number of aliphatic hydroxyl groups is 1. The highest BCUT2D eigenvalue weighted by Gasteiger charge is 2.30. The molecule has 97 heavy (non-hydrogen) atoms. The van der Waals surface area contributed by atoms with Crippen molar-refractivity contribution in [2.24, 2.45) is 23.7 Å². The van der Waals surface area contributed by atoms with E-state index in [-0.39, 0.29) is 25.7 Å². The van der Waals surface area contributed by atoms with Crippen LogP contribution in [0.1, 0.15) is 396 Å². The molecule has 0 aromatic rings. The van der Waals surface area contributed by atoms with Crippen LogP contribution in [0.4, 0.5) is 0 Å². The summed E-state index contributed by atoms with van der Waals surface area (Å²) < 4.78 is 68.6. The highest BCUT2D eigenvalue weighted by atomic mass is 31.2. The van der Waals surface area contributed by atoms with Gasteiger partial charge in [0.05, 0.1) is 26.4 Å². The predicted molar refractivity (Wildman–Crippen MR) is 395 cm³/mol. The van der Waals surface area contributed by atoms with Gasteiger partial charge in [-0.3, -0.25) is 37.3 Å². The van der Waals surface area contributed by atoms with Gasteiger partial charge < -0.3 is 33.8 Å². The average Bonchev–Trinajstić information content (AvgIpc) is 1.16. The molecule has 3 N–H and O–H groups in total. The van der Waals surface area contributed by atoms with E-state index in [4.69, 9.17) is 37.0 Å². The van der Waals surface area contributed by atoms with Crippen molar-refractivity contribution in [3.05, 3.63) is 0 Å². The number of phosphoric acid groups is 2. The lowest BCUT2D eigenvalue weighted by molar-refractivity contribution is -0.161. The zero-order valence-corrected chi connectivity index (χ0v) is 65.5. The third-order valence-corrected chi connectivity index (χ3v) is 20.3. The molecule has 0 amide bonds. The van der Waals surface area contributed by atoms with Gasteiger partial charge in [-0.05, 0) is 49.4 Å². The molecule has 0 spiro atoms. The molecule has 0 aliphatic heterocycles. The van der Waals surface area contributed by atoms with E-state index in [0.717, 1.165) is 120 Å². The number of hydrogen-bond acceptors (Lipinski definition) is 15. The van der Waals surface area contributed by atoms with Crippen LogP contribution in [0.3, 0.4) is 0 Å². The molecule has 0 heterocycles. The van der Waals surface area contributed by atoms with Crippen LogP contribution in [-0.2, 0) is 65.4 Å². The van der Waals surface area contributed by atoms with E-state index < -0.39 is 97.5 Å². The Kier molecular flexibility index (Phi) is 65.9. The van der Waals surface area contributed by atoms with Crippen molar-refractivity contribution in [1.82, 2.24) is 0 Å². The molecular weight excluding hydrogens is 1270 g/mol. The van der Waals surface area contributed by atoms with Crippen molar-refractivity contribution < 1.29 is 80.2 Å². The van der Waals surface area contributed by atoms with E-state index in [1.807, 2.05) is 0 Å². The maximum absolute atomic E-state index is 13.1. The van der Waals surface area contributed by atoms with Crippen LogP contribution in [0.2, 0.25) is 0 Å². The fraction of sp³-hybridized carbons (Fsp3) is 0.949. The van der Waals surface area contributed by atoms with Gasteiger partial charge in [0.1, 0.15) is 19.3 Å². The van der Waals surface area contributed by atoms with Crippen LogP contribution in [0, 0.1) is 23.7 Å². The normalized spacial score (nSPS) is 14.4. The van der Waals surface area contributed by atoms with Gasteiger partial charge in [-0.1, -0.05) is 344 Å². The van der Waals surface area contributed by atoms with Crippen LogP contribution in [0.25, 0.3) is 0 Å². The van der Waals surface area contributed by atoms with Gasteiger partial charge in [0, 0.05) is 25.7 Å². The van der Waals surface area contributed by atoms with Gasteiger partial charge in [0.2, 0.25) is 0 Å². The van der Waals surface area contributed by atoms with Crippen molar-refractivity contribution >= 4 is 39.5 Å². The Bertz CT molecular complexity index is 1900. The van der Waals surface area contributed by atoms with Crippen LogP contribution < -0.4 is 0 Å². The quantitative estimate of drug-likeness (QED) is 0.0222. The van der Waals surface area contributed by atoms with E-state index in [2.05, 4.69) is 55.4 Å². The van der Waals surface area contributed by atoms with Crippen LogP contribution >= 0.6 is 15.6 Å². The third kappa shape index (κ3) is 70.9. The monoisotopic (exact) mass is 1420 g/mol. The molecule has 17 nitrogen and oxygen atoms in total. The lowest BCUT2D eigenvalue weighted by atomic mass is 10.00. The van der Waals surface area contributed by atoms with Crippen molar-refractivity contribution in [3.8, 4) is 0 Å². The first-order valence-electron chi connectivity index (χ1n) is 40.2. The molecule has 576 valence electrons. The molecule has 0 saturated carbocycles. The van der Waals surface area contributed by atoms with Crippen molar-refractivity contribution in [1.29, 1.82) is 0 Å². The molecule has 0 aliphatic carbocycles. The highest BCUT2D eigenvalue weighted by Crippen LogP contribution is 2.45. The minimum Gasteiger partial charge on any atom is -0.462 e. The lowest BCUT2D eigenvalue weighted by Crippen LogP contribution is -2.30. The Labute approximate surface area is 594 Å². The van der Waals surface area contributed by atoms with Gasteiger partial charge >= 0.3 is 39.5 Å². The Morgan fingerprint density at radius 1 is 0.289 bits per heavy atom. The zero-order chi connectivity index (χ0) is 71.7. The summed E-state index contributed by atoms with van der Waals surface area (Å²) >= 11 is 0. The maximum Gasteiger partial charge on any atom is 0.472 e. The second-order valence-corrected chi connectivity index (χ2v) is 32.7. The third-order valence-electron chi connectivity index (χ3n) is 18.4. The number of ether oxygens (including phenoxy) is 4. The first kappa shape index (κ1) is 95.1. The molecule has 0 aliphatic rings. The van der Waals surface area contributed by atoms with Gasteiger partial charge in [0.25, 0.3) is 0 Å². The summed E-state index contributed by atoms with van der Waals surface area (Å²) in [7, 11) is -9.92. The number of hydrogen-bond donors (Lipinski definition) is 3. The highest BCUT2D eigenvalue weighted by molar-refractivity contribution is 7.47. The largest absolute Gasteiger partial charge is 0.472 e. The molecule has 0 radical (unpaired) electrons. The SMILES string of the molecule is CCC(C)CCCCCCCCC(=O)OC[C@H](COP(=O)(O)OC[C@H](O)COP(=O)(O)OC[C@@H](COC(=O)CCCCCCCCCCCCCCCCCCC(C)C)OC(=O)CCCCCCCCCCCCCC(C)C)OC(=O)CCCCCCCCCCCCCC(C)C. The van der Waals surface area contributed by atoms with Crippen LogP contribution in [0.15, 0.2) is 0 Å². The number of unbranched alkanes of at least 4 members (excludes halogenated alkanes) is 40. The van der Waals surface area contributed by atoms with Gasteiger partial charge in [-0.2, -0.15) is 0 Å². The topological polar surface area (TPSA) is 237 Å². The number of rotatable bonds is 75. The number of carbonyl (C=O) groups excluding carboxylic acids is 4. The predicted octanol–water partition coefficient (Wildman–Crippen LogP) is 22.8. The number of esters is 4.